The lowest BCUT2D eigenvalue weighted by atomic mass is 9.87. The topological polar surface area (TPSA) is 64.7 Å². The summed E-state index contributed by atoms with van der Waals surface area (Å²) in [7, 11) is 3.76. The number of hydrogen-bond acceptors (Lipinski definition) is 3. The van der Waals surface area contributed by atoms with Crippen molar-refractivity contribution < 1.29 is 4.79 Å². The Kier molecular flexibility index (Phi) is 3.04. The Morgan fingerprint density at radius 1 is 1.13 bits per heavy atom. The zero-order valence-electron chi connectivity index (χ0n) is 13.0. The molecule has 3 aromatic rings. The second-order valence-corrected chi connectivity index (χ2v) is 5.79. The zero-order valence-corrected chi connectivity index (χ0v) is 13.0. The van der Waals surface area contributed by atoms with Crippen LogP contribution in [-0.2, 0) is 18.9 Å². The van der Waals surface area contributed by atoms with E-state index < -0.39 is 0 Å². The Bertz CT molecular complexity index is 878. The van der Waals surface area contributed by atoms with Crippen LogP contribution < -0.4 is 5.32 Å². The smallest absolute Gasteiger partial charge is 0.226 e. The molecule has 1 atom stereocenters. The fraction of sp³-hybridized carbons (Fsp3) is 0.235. The third-order valence-electron chi connectivity index (χ3n) is 4.34. The van der Waals surface area contributed by atoms with Gasteiger partial charge in [-0.2, -0.15) is 10.2 Å². The van der Waals surface area contributed by atoms with Crippen LogP contribution in [0.15, 0.2) is 42.6 Å². The van der Waals surface area contributed by atoms with E-state index in [0.717, 1.165) is 28.3 Å². The molecule has 0 fully saturated rings. The molecular weight excluding hydrogens is 290 g/mol. The van der Waals surface area contributed by atoms with E-state index in [2.05, 4.69) is 15.5 Å². The van der Waals surface area contributed by atoms with Crippen LogP contribution in [-0.4, -0.2) is 25.5 Å². The third kappa shape index (κ3) is 2.14. The zero-order chi connectivity index (χ0) is 16.0. The predicted molar refractivity (Wildman–Crippen MR) is 86.9 cm³/mol. The van der Waals surface area contributed by atoms with Crippen molar-refractivity contribution in [1.29, 1.82) is 0 Å². The van der Waals surface area contributed by atoms with Crippen LogP contribution in [0.2, 0.25) is 0 Å². The van der Waals surface area contributed by atoms with Crippen molar-refractivity contribution >= 4 is 11.7 Å². The summed E-state index contributed by atoms with van der Waals surface area (Å²) in [5, 5.41) is 11.9. The minimum atomic E-state index is -0.0462. The van der Waals surface area contributed by atoms with Crippen LogP contribution in [0, 0.1) is 0 Å². The van der Waals surface area contributed by atoms with Gasteiger partial charge in [-0.1, -0.05) is 30.3 Å². The molecule has 23 heavy (non-hydrogen) atoms. The van der Waals surface area contributed by atoms with Crippen molar-refractivity contribution in [3.63, 3.8) is 0 Å². The van der Waals surface area contributed by atoms with Crippen LogP contribution in [0.1, 0.15) is 23.6 Å². The predicted octanol–water partition coefficient (Wildman–Crippen LogP) is 2.29. The first-order chi connectivity index (χ1) is 11.1. The number of aryl methyl sites for hydroxylation is 2. The number of nitrogens with one attached hydrogen (secondary N) is 1. The monoisotopic (exact) mass is 307 g/mol. The molecular formula is C17H17N5O. The lowest BCUT2D eigenvalue weighted by Gasteiger charge is -2.24. The summed E-state index contributed by atoms with van der Waals surface area (Å²) in [5.74, 6) is 0.729. The first kappa shape index (κ1) is 13.8. The number of amides is 1. The Labute approximate surface area is 133 Å². The van der Waals surface area contributed by atoms with Crippen molar-refractivity contribution in [2.75, 3.05) is 5.32 Å². The highest BCUT2D eigenvalue weighted by molar-refractivity contribution is 5.96. The molecule has 0 saturated heterocycles. The SMILES string of the molecule is Cn1nccc1C1CC(=O)Nc2c1c(-c1ccccc1)nn2C. The van der Waals surface area contributed by atoms with E-state index in [1.807, 2.05) is 55.2 Å². The van der Waals surface area contributed by atoms with E-state index in [0.29, 0.717) is 6.42 Å². The highest BCUT2D eigenvalue weighted by Crippen LogP contribution is 2.42. The number of nitrogens with zero attached hydrogens (tertiary/aromatic N) is 4. The van der Waals surface area contributed by atoms with Crippen molar-refractivity contribution in [3.05, 3.63) is 53.9 Å². The third-order valence-corrected chi connectivity index (χ3v) is 4.34. The average molecular weight is 307 g/mol. The van der Waals surface area contributed by atoms with Crippen molar-refractivity contribution in [2.24, 2.45) is 14.1 Å². The number of fused-ring (bicyclic) bond motifs is 1. The van der Waals surface area contributed by atoms with Gasteiger partial charge in [-0.25, -0.2) is 0 Å². The van der Waals surface area contributed by atoms with E-state index in [1.165, 1.54) is 0 Å². The summed E-state index contributed by atoms with van der Waals surface area (Å²) in [6.07, 6.45) is 2.16. The second-order valence-electron chi connectivity index (χ2n) is 5.79. The van der Waals surface area contributed by atoms with E-state index >= 15 is 0 Å². The van der Waals surface area contributed by atoms with Gasteiger partial charge >= 0.3 is 0 Å². The quantitative estimate of drug-likeness (QED) is 0.790. The standard InChI is InChI=1S/C17H17N5O/c1-21-13(8-9-18-21)12-10-14(23)19-17-15(12)16(20-22(17)2)11-6-4-3-5-7-11/h3-9,12H,10H2,1-2H3,(H,19,23). The van der Waals surface area contributed by atoms with Gasteiger partial charge in [0.25, 0.3) is 0 Å². The van der Waals surface area contributed by atoms with E-state index in [9.17, 15) is 4.79 Å². The lowest BCUT2D eigenvalue weighted by molar-refractivity contribution is -0.116. The fourth-order valence-electron chi connectivity index (χ4n) is 3.28. The molecule has 0 bridgehead atoms. The molecule has 1 aromatic carbocycles. The number of aromatic nitrogens is 4. The summed E-state index contributed by atoms with van der Waals surface area (Å²) in [4.78, 5) is 12.2. The lowest BCUT2D eigenvalue weighted by Crippen LogP contribution is -2.25. The van der Waals surface area contributed by atoms with Gasteiger partial charge in [0.15, 0.2) is 0 Å². The maximum atomic E-state index is 12.2. The van der Waals surface area contributed by atoms with Crippen molar-refractivity contribution in [2.45, 2.75) is 12.3 Å². The van der Waals surface area contributed by atoms with Gasteiger partial charge in [0.2, 0.25) is 5.91 Å². The molecule has 1 N–H and O–H groups in total. The normalized spacial score (nSPS) is 17.0. The Morgan fingerprint density at radius 3 is 2.61 bits per heavy atom. The largest absolute Gasteiger partial charge is 0.311 e. The molecule has 0 spiro atoms. The van der Waals surface area contributed by atoms with Gasteiger partial charge in [0.1, 0.15) is 5.82 Å². The van der Waals surface area contributed by atoms with Crippen molar-refractivity contribution in [1.82, 2.24) is 19.6 Å². The van der Waals surface area contributed by atoms with Gasteiger partial charge in [-0.3, -0.25) is 14.2 Å². The molecule has 2 aromatic heterocycles. The maximum Gasteiger partial charge on any atom is 0.226 e. The number of carbonyl (C=O) groups excluding carboxylic acids is 1. The summed E-state index contributed by atoms with van der Waals surface area (Å²) >= 11 is 0. The van der Waals surface area contributed by atoms with Gasteiger partial charge in [-0.15, -0.1) is 0 Å². The summed E-state index contributed by atoms with van der Waals surface area (Å²) in [5.41, 5.74) is 4.04. The summed E-state index contributed by atoms with van der Waals surface area (Å²) in [6.45, 7) is 0. The molecule has 1 aliphatic rings. The maximum absolute atomic E-state index is 12.2. The molecule has 0 saturated carbocycles. The van der Waals surface area contributed by atoms with Gasteiger partial charge in [0.05, 0.1) is 5.69 Å². The molecule has 3 heterocycles. The van der Waals surface area contributed by atoms with E-state index in [4.69, 9.17) is 0 Å². The summed E-state index contributed by atoms with van der Waals surface area (Å²) < 4.78 is 3.58. The molecule has 0 aliphatic carbocycles. The van der Waals surface area contributed by atoms with Crippen LogP contribution in [0.25, 0.3) is 11.3 Å². The Morgan fingerprint density at radius 2 is 1.91 bits per heavy atom. The summed E-state index contributed by atoms with van der Waals surface area (Å²) in [6, 6.07) is 12.0. The molecule has 116 valence electrons. The molecule has 0 radical (unpaired) electrons. The molecule has 6 nitrogen and oxygen atoms in total. The van der Waals surface area contributed by atoms with Crippen LogP contribution in [0.5, 0.6) is 0 Å². The minimum absolute atomic E-state index is 0.00584. The van der Waals surface area contributed by atoms with Crippen LogP contribution >= 0.6 is 0 Å². The molecule has 1 unspecified atom stereocenters. The van der Waals surface area contributed by atoms with Gasteiger partial charge in [0, 0.05) is 49.5 Å². The number of anilines is 1. The number of rotatable bonds is 2. The van der Waals surface area contributed by atoms with Gasteiger partial charge in [-0.05, 0) is 6.07 Å². The first-order valence-electron chi connectivity index (χ1n) is 7.55. The van der Waals surface area contributed by atoms with E-state index in [-0.39, 0.29) is 11.8 Å². The van der Waals surface area contributed by atoms with E-state index in [1.54, 1.807) is 10.9 Å². The molecule has 6 heteroatoms. The highest BCUT2D eigenvalue weighted by Gasteiger charge is 2.34. The Balaban J connectivity index is 1.95. The number of hydrogen-bond donors (Lipinski definition) is 1. The second kappa shape index (κ2) is 5.08. The minimum Gasteiger partial charge on any atom is -0.311 e. The molecule has 4 rings (SSSR count). The molecule has 1 aliphatic heterocycles. The average Bonchev–Trinajstić information content (AvgIpc) is 3.12. The number of carbonyl (C=O) groups is 1. The fourth-order valence-corrected chi connectivity index (χ4v) is 3.28. The van der Waals surface area contributed by atoms with Crippen LogP contribution in [0.3, 0.4) is 0 Å². The van der Waals surface area contributed by atoms with Crippen molar-refractivity contribution in [3.8, 4) is 11.3 Å². The highest BCUT2D eigenvalue weighted by atomic mass is 16.1. The van der Waals surface area contributed by atoms with Gasteiger partial charge < -0.3 is 5.32 Å². The molecule has 1 amide bonds. The van der Waals surface area contributed by atoms with Crippen LogP contribution in [0.4, 0.5) is 5.82 Å². The first-order valence-corrected chi connectivity index (χ1v) is 7.55. The number of benzene rings is 1. The Hall–Kier alpha value is -2.89.